The van der Waals surface area contributed by atoms with E-state index in [2.05, 4.69) is 37.7 Å². The quantitative estimate of drug-likeness (QED) is 0.896. The van der Waals surface area contributed by atoms with E-state index in [0.717, 1.165) is 34.4 Å². The molecule has 1 saturated heterocycles. The summed E-state index contributed by atoms with van der Waals surface area (Å²) in [5, 5.41) is 9.23. The fraction of sp³-hybridized carbons (Fsp3) is 0.500. The van der Waals surface area contributed by atoms with Crippen LogP contribution in [0.5, 0.6) is 0 Å². The van der Waals surface area contributed by atoms with E-state index in [1.165, 1.54) is 0 Å². The predicted octanol–water partition coefficient (Wildman–Crippen LogP) is 1.91. The highest BCUT2D eigenvalue weighted by Gasteiger charge is 2.26. The fourth-order valence-corrected chi connectivity index (χ4v) is 2.87. The Labute approximate surface area is 126 Å². The van der Waals surface area contributed by atoms with Crippen LogP contribution >= 0.6 is 15.9 Å². The van der Waals surface area contributed by atoms with E-state index >= 15 is 0 Å². The molecule has 0 bridgehead atoms. The highest BCUT2D eigenvalue weighted by Crippen LogP contribution is 2.20. The number of nitrogens with zero attached hydrogens (tertiary/aromatic N) is 2. The first kappa shape index (κ1) is 14.0. The van der Waals surface area contributed by atoms with E-state index in [1.807, 2.05) is 18.2 Å². The van der Waals surface area contributed by atoms with Gasteiger partial charge < -0.3 is 14.8 Å². The van der Waals surface area contributed by atoms with E-state index in [9.17, 15) is 5.11 Å². The molecule has 1 fully saturated rings. The molecule has 108 valence electrons. The molecule has 1 aromatic heterocycles. The maximum Gasteiger partial charge on any atom is 0.121 e. The Morgan fingerprint density at radius 1 is 1.55 bits per heavy atom. The minimum atomic E-state index is -0.0928. The average Bonchev–Trinajstić information content (AvgIpc) is 2.82. The van der Waals surface area contributed by atoms with Gasteiger partial charge in [-0.1, -0.05) is 15.9 Å². The van der Waals surface area contributed by atoms with Gasteiger partial charge in [0.15, 0.2) is 0 Å². The lowest BCUT2D eigenvalue weighted by atomic mass is 10.2. The van der Waals surface area contributed by atoms with Gasteiger partial charge in [0.05, 0.1) is 36.9 Å². The second-order valence-electron chi connectivity index (χ2n) is 5.26. The van der Waals surface area contributed by atoms with Gasteiger partial charge in [0.25, 0.3) is 0 Å². The van der Waals surface area contributed by atoms with E-state index in [4.69, 9.17) is 4.74 Å². The summed E-state index contributed by atoms with van der Waals surface area (Å²) in [7, 11) is 0. The van der Waals surface area contributed by atoms with Crippen molar-refractivity contribution in [3.05, 3.63) is 28.5 Å². The summed E-state index contributed by atoms with van der Waals surface area (Å²) in [4.78, 5) is 10.3. The second-order valence-corrected chi connectivity index (χ2v) is 6.18. The second kappa shape index (κ2) is 5.81. The molecule has 2 atom stereocenters. The predicted molar refractivity (Wildman–Crippen MR) is 80.5 cm³/mol. The molecule has 1 aromatic carbocycles. The molecular weight excluding hydrogens is 322 g/mol. The van der Waals surface area contributed by atoms with Gasteiger partial charge in [0.1, 0.15) is 5.82 Å². The number of imidazole rings is 1. The Morgan fingerprint density at radius 2 is 2.40 bits per heavy atom. The zero-order chi connectivity index (χ0) is 14.1. The standard InChI is InChI=1S/C14H18BrN3O2/c1-9-8-20-11(7-19)5-18(9)6-14-16-12-3-2-10(15)4-13(12)17-14/h2-4,9,11,19H,5-8H2,1H3,(H,16,17)/t9-,11-/m0/s1. The van der Waals surface area contributed by atoms with Crippen LogP contribution in [0, 0.1) is 0 Å². The number of morpholine rings is 1. The number of hydrogen-bond donors (Lipinski definition) is 2. The maximum atomic E-state index is 9.23. The minimum absolute atomic E-state index is 0.0658. The molecule has 0 amide bonds. The lowest BCUT2D eigenvalue weighted by Crippen LogP contribution is -2.49. The molecule has 0 unspecified atom stereocenters. The van der Waals surface area contributed by atoms with Gasteiger partial charge in [0, 0.05) is 17.1 Å². The monoisotopic (exact) mass is 339 g/mol. The number of H-pyrrole nitrogens is 1. The van der Waals surface area contributed by atoms with Gasteiger partial charge >= 0.3 is 0 Å². The van der Waals surface area contributed by atoms with Crippen LogP contribution in [0.1, 0.15) is 12.7 Å². The van der Waals surface area contributed by atoms with Crippen molar-refractivity contribution in [2.75, 3.05) is 19.8 Å². The molecule has 2 N–H and O–H groups in total. The number of rotatable bonds is 3. The Bertz CT molecular complexity index is 601. The summed E-state index contributed by atoms with van der Waals surface area (Å²) >= 11 is 3.46. The summed E-state index contributed by atoms with van der Waals surface area (Å²) in [6.45, 7) is 4.33. The number of halogens is 1. The molecule has 6 heteroatoms. The summed E-state index contributed by atoms with van der Waals surface area (Å²) < 4.78 is 6.60. The zero-order valence-electron chi connectivity index (χ0n) is 11.3. The molecule has 3 rings (SSSR count). The van der Waals surface area contributed by atoms with Crippen molar-refractivity contribution in [1.82, 2.24) is 14.9 Å². The molecule has 0 aliphatic carbocycles. The first-order chi connectivity index (χ1) is 9.65. The van der Waals surface area contributed by atoms with E-state index < -0.39 is 0 Å². The van der Waals surface area contributed by atoms with Crippen molar-refractivity contribution in [3.63, 3.8) is 0 Å². The average molecular weight is 340 g/mol. The number of benzene rings is 1. The van der Waals surface area contributed by atoms with Crippen molar-refractivity contribution in [2.45, 2.75) is 25.6 Å². The first-order valence-electron chi connectivity index (χ1n) is 6.76. The Balaban J connectivity index is 1.77. The van der Waals surface area contributed by atoms with Crippen LogP contribution in [0.25, 0.3) is 11.0 Å². The number of aromatic nitrogens is 2. The number of fused-ring (bicyclic) bond motifs is 1. The highest BCUT2D eigenvalue weighted by atomic mass is 79.9. The van der Waals surface area contributed by atoms with Crippen LogP contribution in [0.2, 0.25) is 0 Å². The van der Waals surface area contributed by atoms with Crippen LogP contribution < -0.4 is 0 Å². The number of hydrogen-bond acceptors (Lipinski definition) is 4. The third kappa shape index (κ3) is 2.88. The maximum absolute atomic E-state index is 9.23. The summed E-state index contributed by atoms with van der Waals surface area (Å²) in [6, 6.07) is 6.35. The Kier molecular flexibility index (Phi) is 4.07. The molecular formula is C14H18BrN3O2. The van der Waals surface area contributed by atoms with E-state index in [0.29, 0.717) is 12.6 Å². The van der Waals surface area contributed by atoms with Crippen LogP contribution in [0.3, 0.4) is 0 Å². The largest absolute Gasteiger partial charge is 0.394 e. The third-order valence-corrected chi connectivity index (χ3v) is 4.18. The lowest BCUT2D eigenvalue weighted by molar-refractivity contribution is -0.0811. The summed E-state index contributed by atoms with van der Waals surface area (Å²) in [6.07, 6.45) is -0.0928. The topological polar surface area (TPSA) is 61.4 Å². The molecule has 1 aliphatic heterocycles. The van der Waals surface area contributed by atoms with Crippen molar-refractivity contribution in [3.8, 4) is 0 Å². The first-order valence-corrected chi connectivity index (χ1v) is 7.55. The van der Waals surface area contributed by atoms with Gasteiger partial charge in [-0.25, -0.2) is 4.98 Å². The zero-order valence-corrected chi connectivity index (χ0v) is 12.9. The van der Waals surface area contributed by atoms with Crippen molar-refractivity contribution < 1.29 is 9.84 Å². The summed E-state index contributed by atoms with van der Waals surface area (Å²) in [5.41, 5.74) is 2.01. The van der Waals surface area contributed by atoms with E-state index in [-0.39, 0.29) is 12.7 Å². The molecule has 2 aromatic rings. The number of nitrogens with one attached hydrogen (secondary N) is 1. The van der Waals surface area contributed by atoms with Crippen LogP contribution in [-0.4, -0.2) is 51.9 Å². The van der Waals surface area contributed by atoms with Crippen LogP contribution in [0.15, 0.2) is 22.7 Å². The molecule has 0 saturated carbocycles. The molecule has 2 heterocycles. The summed E-state index contributed by atoms with van der Waals surface area (Å²) in [5.74, 6) is 0.948. The van der Waals surface area contributed by atoms with Gasteiger partial charge in [-0.3, -0.25) is 4.90 Å². The Morgan fingerprint density at radius 3 is 3.20 bits per heavy atom. The smallest absolute Gasteiger partial charge is 0.121 e. The van der Waals surface area contributed by atoms with Crippen molar-refractivity contribution >= 4 is 27.0 Å². The SMILES string of the molecule is C[C@H]1CO[C@H](CO)CN1Cc1nc2ccc(Br)cc2[nH]1. The van der Waals surface area contributed by atoms with Crippen molar-refractivity contribution in [1.29, 1.82) is 0 Å². The fourth-order valence-electron chi connectivity index (χ4n) is 2.51. The normalized spacial score (nSPS) is 24.4. The molecule has 0 radical (unpaired) electrons. The molecule has 0 spiro atoms. The Hall–Kier alpha value is -0.950. The van der Waals surface area contributed by atoms with Crippen LogP contribution in [0.4, 0.5) is 0 Å². The van der Waals surface area contributed by atoms with Crippen LogP contribution in [-0.2, 0) is 11.3 Å². The van der Waals surface area contributed by atoms with Gasteiger partial charge in [-0.15, -0.1) is 0 Å². The molecule has 1 aliphatic rings. The van der Waals surface area contributed by atoms with Crippen molar-refractivity contribution in [2.24, 2.45) is 0 Å². The minimum Gasteiger partial charge on any atom is -0.394 e. The number of ether oxygens (including phenoxy) is 1. The van der Waals surface area contributed by atoms with Gasteiger partial charge in [-0.05, 0) is 25.1 Å². The molecule has 5 nitrogen and oxygen atoms in total. The number of aliphatic hydroxyl groups is 1. The number of aromatic amines is 1. The third-order valence-electron chi connectivity index (χ3n) is 3.68. The molecule has 20 heavy (non-hydrogen) atoms. The van der Waals surface area contributed by atoms with Gasteiger partial charge in [0.2, 0.25) is 0 Å². The highest BCUT2D eigenvalue weighted by molar-refractivity contribution is 9.10. The number of aliphatic hydroxyl groups excluding tert-OH is 1. The van der Waals surface area contributed by atoms with Gasteiger partial charge in [-0.2, -0.15) is 0 Å². The lowest BCUT2D eigenvalue weighted by Gasteiger charge is -2.36. The van der Waals surface area contributed by atoms with E-state index in [1.54, 1.807) is 0 Å².